The van der Waals surface area contributed by atoms with E-state index in [1.54, 1.807) is 0 Å². The first-order valence-electron chi connectivity index (χ1n) is 6.61. The number of benzene rings is 1. The minimum Gasteiger partial charge on any atom is -0.468 e. The molecule has 0 aliphatic heterocycles. The van der Waals surface area contributed by atoms with Crippen molar-refractivity contribution in [1.29, 1.82) is 5.26 Å². The van der Waals surface area contributed by atoms with E-state index in [2.05, 4.69) is 10.8 Å². The molecule has 0 saturated heterocycles. The van der Waals surface area contributed by atoms with Crippen LogP contribution in [0.2, 0.25) is 0 Å². The highest BCUT2D eigenvalue weighted by Gasteiger charge is 2.45. The van der Waals surface area contributed by atoms with E-state index in [0.29, 0.717) is 6.42 Å². The molecule has 0 spiro atoms. The van der Waals surface area contributed by atoms with Crippen molar-refractivity contribution in [3.05, 3.63) is 35.4 Å². The highest BCUT2D eigenvalue weighted by atomic mass is 16.5. The van der Waals surface area contributed by atoms with E-state index in [1.165, 1.54) is 7.11 Å². The van der Waals surface area contributed by atoms with Crippen molar-refractivity contribution in [2.24, 2.45) is 5.92 Å². The van der Waals surface area contributed by atoms with Crippen molar-refractivity contribution in [2.75, 3.05) is 7.11 Å². The Balaban J connectivity index is 2.36. The monoisotopic (exact) mass is 271 g/mol. The first-order chi connectivity index (χ1) is 9.52. The number of Topliss-reactive ketones (excluding diaryl/α,β-unsaturated/α-hetero) is 1. The number of ether oxygens (including phenoxy) is 1. The summed E-state index contributed by atoms with van der Waals surface area (Å²) in [6, 6.07) is 10.0. The molecular weight excluding hydrogens is 254 g/mol. The second-order valence-electron chi connectivity index (χ2n) is 5.31. The van der Waals surface area contributed by atoms with Gasteiger partial charge in [-0.2, -0.15) is 5.26 Å². The molecule has 1 aliphatic carbocycles. The number of ketones is 1. The summed E-state index contributed by atoms with van der Waals surface area (Å²) in [6.07, 6.45) is 0.901. The van der Waals surface area contributed by atoms with E-state index < -0.39 is 17.3 Å². The van der Waals surface area contributed by atoms with Crippen LogP contribution in [0.25, 0.3) is 0 Å². The standard InChI is InChI=1S/C16H17NO3/c1-11-3-5-12(6-4-11)16(10-17)8-7-14(18)13(9-16)15(19)20-2/h3-6,13H,7-9H2,1-2H3/t13-,16+/m0/s1. The van der Waals surface area contributed by atoms with Crippen LogP contribution in [-0.2, 0) is 19.7 Å². The van der Waals surface area contributed by atoms with Gasteiger partial charge in [-0.1, -0.05) is 29.8 Å². The number of hydrogen-bond donors (Lipinski definition) is 0. The van der Waals surface area contributed by atoms with E-state index in [9.17, 15) is 14.9 Å². The summed E-state index contributed by atoms with van der Waals surface area (Å²) in [5.41, 5.74) is 1.20. The van der Waals surface area contributed by atoms with Crippen molar-refractivity contribution in [1.82, 2.24) is 0 Å². The molecule has 2 rings (SSSR count). The number of carbonyl (C=O) groups is 2. The number of rotatable bonds is 2. The van der Waals surface area contributed by atoms with Gasteiger partial charge in [0.25, 0.3) is 0 Å². The van der Waals surface area contributed by atoms with Gasteiger partial charge in [-0.3, -0.25) is 9.59 Å². The highest BCUT2D eigenvalue weighted by Crippen LogP contribution is 2.40. The van der Waals surface area contributed by atoms with Crippen LogP contribution in [0.4, 0.5) is 0 Å². The molecule has 20 heavy (non-hydrogen) atoms. The van der Waals surface area contributed by atoms with Gasteiger partial charge in [0.15, 0.2) is 0 Å². The lowest BCUT2D eigenvalue weighted by Gasteiger charge is -2.34. The Morgan fingerprint density at radius 2 is 2.05 bits per heavy atom. The zero-order valence-corrected chi connectivity index (χ0v) is 11.7. The third-order valence-corrected chi connectivity index (χ3v) is 4.04. The third kappa shape index (κ3) is 2.44. The maximum atomic E-state index is 11.9. The molecule has 0 bridgehead atoms. The van der Waals surface area contributed by atoms with E-state index in [1.807, 2.05) is 31.2 Å². The predicted molar refractivity (Wildman–Crippen MR) is 72.8 cm³/mol. The first-order valence-corrected chi connectivity index (χ1v) is 6.61. The van der Waals surface area contributed by atoms with Gasteiger partial charge in [-0.05, 0) is 25.3 Å². The molecule has 1 aromatic rings. The average Bonchev–Trinajstić information content (AvgIpc) is 2.48. The highest BCUT2D eigenvalue weighted by molar-refractivity contribution is 6.00. The third-order valence-electron chi connectivity index (χ3n) is 4.04. The van der Waals surface area contributed by atoms with Gasteiger partial charge < -0.3 is 4.74 Å². The molecule has 104 valence electrons. The molecule has 1 saturated carbocycles. The Morgan fingerprint density at radius 1 is 1.40 bits per heavy atom. The normalized spacial score (nSPS) is 25.9. The summed E-state index contributed by atoms with van der Waals surface area (Å²) in [5.74, 6) is -1.49. The van der Waals surface area contributed by atoms with Gasteiger partial charge in [0.1, 0.15) is 11.7 Å². The number of esters is 1. The number of methoxy groups -OCH3 is 1. The minimum absolute atomic E-state index is 0.130. The molecule has 2 atom stereocenters. The Kier molecular flexibility index (Phi) is 3.89. The molecule has 0 aromatic heterocycles. The lowest BCUT2D eigenvalue weighted by atomic mass is 9.66. The van der Waals surface area contributed by atoms with Crippen LogP contribution in [0, 0.1) is 24.2 Å². The largest absolute Gasteiger partial charge is 0.468 e. The molecule has 1 fully saturated rings. The lowest BCUT2D eigenvalue weighted by Crippen LogP contribution is -2.40. The minimum atomic E-state index is -0.824. The summed E-state index contributed by atoms with van der Waals surface area (Å²) in [6.45, 7) is 1.98. The molecule has 0 amide bonds. The Hall–Kier alpha value is -2.15. The van der Waals surface area contributed by atoms with Crippen LogP contribution in [0.1, 0.15) is 30.4 Å². The molecular formula is C16H17NO3. The van der Waals surface area contributed by atoms with Gasteiger partial charge in [0.05, 0.1) is 18.6 Å². The van der Waals surface area contributed by atoms with Crippen molar-refractivity contribution < 1.29 is 14.3 Å². The second kappa shape index (κ2) is 5.46. The summed E-state index contributed by atoms with van der Waals surface area (Å²) < 4.78 is 4.68. The molecule has 1 aromatic carbocycles. The molecule has 0 radical (unpaired) electrons. The Labute approximate surface area is 118 Å². The number of aryl methyl sites for hydroxylation is 1. The van der Waals surface area contributed by atoms with Crippen LogP contribution < -0.4 is 0 Å². The van der Waals surface area contributed by atoms with E-state index in [0.717, 1.165) is 11.1 Å². The van der Waals surface area contributed by atoms with Gasteiger partial charge in [-0.15, -0.1) is 0 Å². The van der Waals surface area contributed by atoms with Crippen LogP contribution in [0.15, 0.2) is 24.3 Å². The van der Waals surface area contributed by atoms with Gasteiger partial charge in [-0.25, -0.2) is 0 Å². The zero-order chi connectivity index (χ0) is 14.8. The van der Waals surface area contributed by atoms with Gasteiger partial charge in [0.2, 0.25) is 0 Å². The molecule has 0 heterocycles. The van der Waals surface area contributed by atoms with Crippen LogP contribution in [-0.4, -0.2) is 18.9 Å². The van der Waals surface area contributed by atoms with Crippen molar-refractivity contribution >= 4 is 11.8 Å². The van der Waals surface area contributed by atoms with Crippen LogP contribution in [0.3, 0.4) is 0 Å². The van der Waals surface area contributed by atoms with E-state index in [-0.39, 0.29) is 18.6 Å². The average molecular weight is 271 g/mol. The summed E-state index contributed by atoms with van der Waals surface area (Å²) in [4.78, 5) is 23.6. The lowest BCUT2D eigenvalue weighted by molar-refractivity contribution is -0.151. The number of nitrogens with zero attached hydrogens (tertiary/aromatic N) is 1. The van der Waals surface area contributed by atoms with Gasteiger partial charge >= 0.3 is 5.97 Å². The van der Waals surface area contributed by atoms with Crippen LogP contribution >= 0.6 is 0 Å². The quantitative estimate of drug-likeness (QED) is 0.611. The van der Waals surface area contributed by atoms with Crippen molar-refractivity contribution in [3.8, 4) is 6.07 Å². The smallest absolute Gasteiger partial charge is 0.316 e. The van der Waals surface area contributed by atoms with Crippen molar-refractivity contribution in [3.63, 3.8) is 0 Å². The van der Waals surface area contributed by atoms with Crippen LogP contribution in [0.5, 0.6) is 0 Å². The van der Waals surface area contributed by atoms with Gasteiger partial charge in [0, 0.05) is 6.42 Å². The fraction of sp³-hybridized carbons (Fsp3) is 0.438. The van der Waals surface area contributed by atoms with Crippen molar-refractivity contribution in [2.45, 2.75) is 31.6 Å². The molecule has 4 nitrogen and oxygen atoms in total. The first kappa shape index (κ1) is 14.3. The number of carbonyl (C=O) groups excluding carboxylic acids is 2. The molecule has 0 unspecified atom stereocenters. The number of hydrogen-bond acceptors (Lipinski definition) is 4. The maximum Gasteiger partial charge on any atom is 0.316 e. The summed E-state index contributed by atoms with van der Waals surface area (Å²) in [5, 5.41) is 9.61. The maximum absolute atomic E-state index is 11.9. The predicted octanol–water partition coefficient (Wildman–Crippen LogP) is 2.30. The SMILES string of the molecule is COC(=O)[C@H]1C[C@](C#N)(c2ccc(C)cc2)CCC1=O. The Morgan fingerprint density at radius 3 is 2.60 bits per heavy atom. The number of nitriles is 1. The fourth-order valence-corrected chi connectivity index (χ4v) is 2.73. The fourth-order valence-electron chi connectivity index (χ4n) is 2.73. The molecule has 1 aliphatic rings. The summed E-state index contributed by atoms with van der Waals surface area (Å²) >= 11 is 0. The topological polar surface area (TPSA) is 67.2 Å². The molecule has 4 heteroatoms. The van der Waals surface area contributed by atoms with E-state index >= 15 is 0 Å². The summed E-state index contributed by atoms with van der Waals surface area (Å²) in [7, 11) is 1.27. The Bertz CT molecular complexity index is 562. The second-order valence-corrected chi connectivity index (χ2v) is 5.31. The zero-order valence-electron chi connectivity index (χ0n) is 11.7. The van der Waals surface area contributed by atoms with E-state index in [4.69, 9.17) is 0 Å². The molecule has 0 N–H and O–H groups in total.